The lowest BCUT2D eigenvalue weighted by Gasteiger charge is -1.99. The molecule has 84 valence electrons. The van der Waals surface area contributed by atoms with E-state index in [1.54, 1.807) is 6.92 Å². The van der Waals surface area contributed by atoms with E-state index in [9.17, 15) is 4.79 Å². The Kier molecular flexibility index (Phi) is 3.04. The third-order valence-electron chi connectivity index (χ3n) is 2.55. The van der Waals surface area contributed by atoms with Crippen LogP contribution in [0.2, 0.25) is 0 Å². The summed E-state index contributed by atoms with van der Waals surface area (Å²) in [6.45, 7) is 3.47. The molecule has 0 radical (unpaired) electrons. The van der Waals surface area contributed by atoms with Gasteiger partial charge in [0.25, 0.3) is 0 Å². The largest absolute Gasteiger partial charge is 0.441 e. The van der Waals surface area contributed by atoms with Gasteiger partial charge in [0, 0.05) is 13.3 Å². The van der Waals surface area contributed by atoms with E-state index in [1.165, 1.54) is 5.56 Å². The number of Topliss-reactive ketones (excluding diaryl/α,β-unsaturated/α-hetero) is 1. The van der Waals surface area contributed by atoms with Crippen molar-refractivity contribution in [3.63, 3.8) is 0 Å². The first-order valence-corrected chi connectivity index (χ1v) is 5.50. The van der Waals surface area contributed by atoms with E-state index < -0.39 is 0 Å². The van der Waals surface area contributed by atoms with Gasteiger partial charge in [0.05, 0.1) is 0 Å². The molecule has 0 aliphatic heterocycles. The molecular formula is C13H15NO2. The summed E-state index contributed by atoms with van der Waals surface area (Å²) in [6.07, 6.45) is 2.46. The lowest BCUT2D eigenvalue weighted by molar-refractivity contribution is -0.117. The minimum atomic E-state index is 0.247. The van der Waals surface area contributed by atoms with E-state index in [-0.39, 0.29) is 5.78 Å². The number of oxazole rings is 1. The van der Waals surface area contributed by atoms with E-state index in [2.05, 4.69) is 4.98 Å². The molecule has 1 heterocycles. The molecule has 3 heteroatoms. The van der Waals surface area contributed by atoms with Crippen LogP contribution in [0.25, 0.3) is 11.1 Å². The maximum Gasteiger partial charge on any atom is 0.192 e. The topological polar surface area (TPSA) is 43.1 Å². The number of hydrogen-bond acceptors (Lipinski definition) is 3. The fourth-order valence-electron chi connectivity index (χ4n) is 1.78. The molecule has 0 N–H and O–H groups in total. The van der Waals surface area contributed by atoms with E-state index in [0.717, 1.165) is 23.9 Å². The Bertz CT molecular complexity index is 514. The second-order valence-electron chi connectivity index (χ2n) is 4.09. The van der Waals surface area contributed by atoms with Gasteiger partial charge in [-0.3, -0.25) is 0 Å². The Labute approximate surface area is 94.5 Å². The molecule has 3 nitrogen and oxygen atoms in total. The van der Waals surface area contributed by atoms with Crippen molar-refractivity contribution in [3.05, 3.63) is 29.7 Å². The van der Waals surface area contributed by atoms with Crippen molar-refractivity contribution in [3.8, 4) is 0 Å². The number of carbonyl (C=O) groups excluding carboxylic acids is 1. The minimum absolute atomic E-state index is 0.247. The molecule has 1 aromatic heterocycles. The molecule has 0 unspecified atom stereocenters. The van der Waals surface area contributed by atoms with Crippen LogP contribution < -0.4 is 0 Å². The first kappa shape index (κ1) is 10.9. The number of nitrogens with zero attached hydrogens (tertiary/aromatic N) is 1. The van der Waals surface area contributed by atoms with Crippen LogP contribution in [0, 0.1) is 6.92 Å². The fourth-order valence-corrected chi connectivity index (χ4v) is 1.78. The van der Waals surface area contributed by atoms with Gasteiger partial charge in [0.1, 0.15) is 11.3 Å². The highest BCUT2D eigenvalue weighted by atomic mass is 16.3. The lowest BCUT2D eigenvalue weighted by atomic mass is 10.1. The average Bonchev–Trinajstić information content (AvgIpc) is 2.56. The summed E-state index contributed by atoms with van der Waals surface area (Å²) in [6, 6.07) is 6.02. The standard InChI is InChI=1S/C13H15NO2/c1-9(15)4-3-5-11-6-7-12-13(8-11)16-10(2)14-12/h6-8H,3-5H2,1-2H3. The van der Waals surface area contributed by atoms with Gasteiger partial charge in [-0.25, -0.2) is 4.98 Å². The number of aryl methyl sites for hydroxylation is 2. The van der Waals surface area contributed by atoms with E-state index in [0.29, 0.717) is 12.3 Å². The maximum atomic E-state index is 10.8. The van der Waals surface area contributed by atoms with Gasteiger partial charge in [0.2, 0.25) is 0 Å². The van der Waals surface area contributed by atoms with Crippen molar-refractivity contribution in [2.75, 3.05) is 0 Å². The number of fused-ring (bicyclic) bond motifs is 1. The van der Waals surface area contributed by atoms with Crippen molar-refractivity contribution in [1.29, 1.82) is 0 Å². The van der Waals surface area contributed by atoms with Crippen molar-refractivity contribution >= 4 is 16.9 Å². The quantitative estimate of drug-likeness (QED) is 0.790. The molecule has 0 aliphatic carbocycles. The van der Waals surface area contributed by atoms with Crippen LogP contribution in [0.4, 0.5) is 0 Å². The Morgan fingerprint density at radius 2 is 2.25 bits per heavy atom. The highest BCUT2D eigenvalue weighted by Gasteiger charge is 2.03. The zero-order chi connectivity index (χ0) is 11.5. The molecule has 0 fully saturated rings. The van der Waals surface area contributed by atoms with Crippen LogP contribution in [0.3, 0.4) is 0 Å². The maximum absolute atomic E-state index is 10.8. The van der Waals surface area contributed by atoms with Gasteiger partial charge in [-0.05, 0) is 37.5 Å². The summed E-state index contributed by atoms with van der Waals surface area (Å²) in [4.78, 5) is 15.1. The molecule has 0 amide bonds. The smallest absolute Gasteiger partial charge is 0.192 e. The number of rotatable bonds is 4. The minimum Gasteiger partial charge on any atom is -0.441 e. The SMILES string of the molecule is CC(=O)CCCc1ccc2nc(C)oc2c1. The number of aromatic nitrogens is 1. The van der Waals surface area contributed by atoms with Crippen LogP contribution in [0.15, 0.2) is 22.6 Å². The molecule has 0 spiro atoms. The molecule has 0 bridgehead atoms. The van der Waals surface area contributed by atoms with E-state index >= 15 is 0 Å². The Balaban J connectivity index is 2.10. The van der Waals surface area contributed by atoms with E-state index in [4.69, 9.17) is 4.42 Å². The summed E-state index contributed by atoms with van der Waals surface area (Å²) in [5, 5.41) is 0. The molecule has 0 aliphatic rings. The van der Waals surface area contributed by atoms with Gasteiger partial charge in [0.15, 0.2) is 11.5 Å². The molecule has 1 aromatic carbocycles. The first-order valence-electron chi connectivity index (χ1n) is 5.50. The summed E-state index contributed by atoms with van der Waals surface area (Å²) in [7, 11) is 0. The third-order valence-corrected chi connectivity index (χ3v) is 2.55. The predicted molar refractivity (Wildman–Crippen MR) is 62.4 cm³/mol. The number of hydrogen-bond donors (Lipinski definition) is 0. The van der Waals surface area contributed by atoms with Gasteiger partial charge in [-0.15, -0.1) is 0 Å². The normalized spacial score (nSPS) is 10.9. The predicted octanol–water partition coefficient (Wildman–Crippen LogP) is 3.05. The molecular weight excluding hydrogens is 202 g/mol. The van der Waals surface area contributed by atoms with Gasteiger partial charge < -0.3 is 9.21 Å². The summed E-state index contributed by atoms with van der Waals surface area (Å²) in [5.74, 6) is 0.937. The Morgan fingerprint density at radius 1 is 1.44 bits per heavy atom. The molecule has 0 saturated carbocycles. The molecule has 0 atom stereocenters. The van der Waals surface area contributed by atoms with Crippen LogP contribution in [-0.2, 0) is 11.2 Å². The molecule has 2 rings (SSSR count). The monoisotopic (exact) mass is 217 g/mol. The summed E-state index contributed by atoms with van der Waals surface area (Å²) in [5.41, 5.74) is 2.93. The lowest BCUT2D eigenvalue weighted by Crippen LogP contribution is -1.92. The van der Waals surface area contributed by atoms with Gasteiger partial charge >= 0.3 is 0 Å². The average molecular weight is 217 g/mol. The molecule has 2 aromatic rings. The van der Waals surface area contributed by atoms with E-state index in [1.807, 2.05) is 25.1 Å². The molecule has 16 heavy (non-hydrogen) atoms. The van der Waals surface area contributed by atoms with Crippen LogP contribution in [0.5, 0.6) is 0 Å². The van der Waals surface area contributed by atoms with Crippen molar-refractivity contribution in [2.45, 2.75) is 33.1 Å². The summed E-state index contributed by atoms with van der Waals surface area (Å²) >= 11 is 0. The second-order valence-corrected chi connectivity index (χ2v) is 4.09. The Hall–Kier alpha value is -1.64. The fraction of sp³-hybridized carbons (Fsp3) is 0.385. The molecule has 0 saturated heterocycles. The highest BCUT2D eigenvalue weighted by Crippen LogP contribution is 2.18. The van der Waals surface area contributed by atoms with Crippen LogP contribution in [-0.4, -0.2) is 10.8 Å². The first-order chi connectivity index (χ1) is 7.65. The number of carbonyl (C=O) groups is 1. The number of ketones is 1. The summed E-state index contributed by atoms with van der Waals surface area (Å²) < 4.78 is 5.46. The van der Waals surface area contributed by atoms with Gasteiger partial charge in [-0.2, -0.15) is 0 Å². The highest BCUT2D eigenvalue weighted by molar-refractivity contribution is 5.75. The van der Waals surface area contributed by atoms with Crippen molar-refractivity contribution in [1.82, 2.24) is 4.98 Å². The Morgan fingerprint density at radius 3 is 3.00 bits per heavy atom. The van der Waals surface area contributed by atoms with Gasteiger partial charge in [-0.1, -0.05) is 6.07 Å². The second kappa shape index (κ2) is 4.47. The zero-order valence-corrected chi connectivity index (χ0v) is 9.62. The van der Waals surface area contributed by atoms with Crippen LogP contribution in [0.1, 0.15) is 31.2 Å². The van der Waals surface area contributed by atoms with Crippen molar-refractivity contribution in [2.24, 2.45) is 0 Å². The third kappa shape index (κ3) is 2.48. The zero-order valence-electron chi connectivity index (χ0n) is 9.62. The number of benzene rings is 1. The van der Waals surface area contributed by atoms with Crippen LogP contribution >= 0.6 is 0 Å². The van der Waals surface area contributed by atoms with Crippen molar-refractivity contribution < 1.29 is 9.21 Å².